The Labute approximate surface area is 167 Å². The number of nitrogens with one attached hydrogen (secondary N) is 2. The monoisotopic (exact) mass is 388 g/mol. The van der Waals surface area contributed by atoms with Crippen LogP contribution in [0.3, 0.4) is 0 Å². The highest BCUT2D eigenvalue weighted by molar-refractivity contribution is 7.98. The summed E-state index contributed by atoms with van der Waals surface area (Å²) in [6.45, 7) is 5.22. The lowest BCUT2D eigenvalue weighted by Crippen LogP contribution is -2.45. The van der Waals surface area contributed by atoms with Gasteiger partial charge in [0, 0.05) is 36.5 Å². The van der Waals surface area contributed by atoms with Gasteiger partial charge in [-0.25, -0.2) is 4.99 Å². The van der Waals surface area contributed by atoms with Gasteiger partial charge in [-0.15, -0.1) is 11.8 Å². The van der Waals surface area contributed by atoms with Crippen LogP contribution in [0, 0.1) is 5.92 Å². The number of carbonyl (C=O) groups excluding carboxylic acids is 1. The van der Waals surface area contributed by atoms with E-state index in [1.165, 1.54) is 23.3 Å². The van der Waals surface area contributed by atoms with Gasteiger partial charge < -0.3 is 15.5 Å². The van der Waals surface area contributed by atoms with E-state index in [0.29, 0.717) is 12.5 Å². The van der Waals surface area contributed by atoms with Gasteiger partial charge in [0.15, 0.2) is 5.96 Å². The molecule has 2 N–H and O–H groups in total. The maximum Gasteiger partial charge on any atom is 0.225 e. The molecule has 0 aromatic heterocycles. The second kappa shape index (κ2) is 10.0. The minimum Gasteiger partial charge on any atom is -0.357 e. The van der Waals surface area contributed by atoms with Crippen molar-refractivity contribution < 1.29 is 4.79 Å². The van der Waals surface area contributed by atoms with Gasteiger partial charge in [0.05, 0.1) is 6.54 Å². The van der Waals surface area contributed by atoms with E-state index < -0.39 is 0 Å². The molecule has 1 saturated heterocycles. The number of aliphatic imine (C=N–C) groups is 1. The zero-order valence-corrected chi connectivity index (χ0v) is 17.4. The molecule has 2 fully saturated rings. The third-order valence-corrected chi connectivity index (χ3v) is 6.21. The van der Waals surface area contributed by atoms with Crippen LogP contribution >= 0.6 is 11.8 Å². The Bertz CT molecular complexity index is 640. The zero-order chi connectivity index (χ0) is 19.1. The number of benzene rings is 1. The lowest BCUT2D eigenvalue weighted by molar-refractivity contribution is -0.134. The fourth-order valence-electron chi connectivity index (χ4n) is 3.92. The van der Waals surface area contributed by atoms with Gasteiger partial charge in [0.25, 0.3) is 0 Å². The van der Waals surface area contributed by atoms with Crippen LogP contribution in [-0.2, 0) is 11.3 Å². The van der Waals surface area contributed by atoms with Crippen LogP contribution in [0.15, 0.2) is 34.2 Å². The Kier molecular flexibility index (Phi) is 7.44. The normalized spacial score (nSPS) is 20.9. The zero-order valence-electron chi connectivity index (χ0n) is 16.5. The summed E-state index contributed by atoms with van der Waals surface area (Å²) in [5.41, 5.74) is 1.20. The minimum absolute atomic E-state index is 0.273. The highest BCUT2D eigenvalue weighted by Gasteiger charge is 2.32. The molecule has 3 rings (SSSR count). The smallest absolute Gasteiger partial charge is 0.225 e. The van der Waals surface area contributed by atoms with Crippen molar-refractivity contribution in [1.82, 2.24) is 15.5 Å². The molecule has 148 valence electrons. The molecule has 1 saturated carbocycles. The average molecular weight is 389 g/mol. The summed E-state index contributed by atoms with van der Waals surface area (Å²) in [6, 6.07) is 8.83. The van der Waals surface area contributed by atoms with E-state index in [4.69, 9.17) is 4.99 Å². The van der Waals surface area contributed by atoms with Gasteiger partial charge in [-0.2, -0.15) is 0 Å². The van der Waals surface area contributed by atoms with Crippen molar-refractivity contribution in [2.24, 2.45) is 10.9 Å². The number of hydrogen-bond acceptors (Lipinski definition) is 3. The molecule has 0 bridgehead atoms. The first-order valence-electron chi connectivity index (χ1n) is 10.2. The standard InChI is InChI=1S/C21H32N4OS/c1-3-22-21(23-14-16-8-10-19(27-2)11-9-16)24-18-12-13-25(15-18)20(26)17-6-4-5-7-17/h8-11,17-18H,3-7,12-15H2,1-2H3,(H2,22,23,24). The third-order valence-electron chi connectivity index (χ3n) is 5.47. The molecule has 2 aliphatic rings. The van der Waals surface area contributed by atoms with Gasteiger partial charge >= 0.3 is 0 Å². The summed E-state index contributed by atoms with van der Waals surface area (Å²) in [6.07, 6.45) is 7.65. The molecule has 5 nitrogen and oxygen atoms in total. The van der Waals surface area contributed by atoms with Crippen molar-refractivity contribution in [1.29, 1.82) is 0 Å². The Morgan fingerprint density at radius 2 is 1.96 bits per heavy atom. The van der Waals surface area contributed by atoms with E-state index >= 15 is 0 Å². The largest absolute Gasteiger partial charge is 0.357 e. The van der Waals surface area contributed by atoms with Gasteiger partial charge in [-0.05, 0) is 50.1 Å². The van der Waals surface area contributed by atoms with E-state index in [9.17, 15) is 4.79 Å². The van der Waals surface area contributed by atoms with Crippen molar-refractivity contribution in [2.75, 3.05) is 25.9 Å². The number of amides is 1. The van der Waals surface area contributed by atoms with E-state index in [1.54, 1.807) is 11.8 Å². The lowest BCUT2D eigenvalue weighted by Gasteiger charge is -2.21. The summed E-state index contributed by atoms with van der Waals surface area (Å²) in [5, 5.41) is 6.86. The molecule has 1 atom stereocenters. The highest BCUT2D eigenvalue weighted by atomic mass is 32.2. The van der Waals surface area contributed by atoms with Crippen LogP contribution < -0.4 is 10.6 Å². The Balaban J connectivity index is 1.53. The van der Waals surface area contributed by atoms with Crippen LogP contribution in [0.5, 0.6) is 0 Å². The summed E-state index contributed by atoms with van der Waals surface area (Å²) >= 11 is 1.75. The van der Waals surface area contributed by atoms with Crippen LogP contribution in [-0.4, -0.2) is 48.7 Å². The topological polar surface area (TPSA) is 56.7 Å². The molecule has 1 heterocycles. The number of hydrogen-bond donors (Lipinski definition) is 2. The summed E-state index contributed by atoms with van der Waals surface area (Å²) in [5.74, 6) is 1.48. The Morgan fingerprint density at radius 3 is 2.63 bits per heavy atom. The van der Waals surface area contributed by atoms with E-state index in [2.05, 4.69) is 53.0 Å². The highest BCUT2D eigenvalue weighted by Crippen LogP contribution is 2.27. The second-order valence-electron chi connectivity index (χ2n) is 7.44. The van der Waals surface area contributed by atoms with Gasteiger partial charge in [0.2, 0.25) is 5.91 Å². The first-order chi connectivity index (χ1) is 13.2. The first kappa shape index (κ1) is 20.1. The lowest BCUT2D eigenvalue weighted by atomic mass is 10.1. The molecule has 0 spiro atoms. The van der Waals surface area contributed by atoms with Crippen LogP contribution in [0.1, 0.15) is 44.6 Å². The van der Waals surface area contributed by atoms with Crippen LogP contribution in [0.4, 0.5) is 0 Å². The molecule has 0 radical (unpaired) electrons. The fraction of sp³-hybridized carbons (Fsp3) is 0.619. The number of rotatable bonds is 6. The Hall–Kier alpha value is -1.69. The van der Waals surface area contributed by atoms with Crippen LogP contribution in [0.25, 0.3) is 0 Å². The summed E-state index contributed by atoms with van der Waals surface area (Å²) in [7, 11) is 0. The number of nitrogens with zero attached hydrogens (tertiary/aromatic N) is 2. The average Bonchev–Trinajstić information content (AvgIpc) is 3.38. The van der Waals surface area contributed by atoms with E-state index in [1.807, 2.05) is 0 Å². The van der Waals surface area contributed by atoms with Gasteiger partial charge in [0.1, 0.15) is 0 Å². The molecular weight excluding hydrogens is 356 g/mol. The maximum absolute atomic E-state index is 12.6. The van der Waals surface area contributed by atoms with Crippen molar-refractivity contribution in [3.8, 4) is 0 Å². The molecule has 1 amide bonds. The minimum atomic E-state index is 0.273. The third kappa shape index (κ3) is 5.64. The maximum atomic E-state index is 12.6. The van der Waals surface area contributed by atoms with Gasteiger partial charge in [-0.1, -0.05) is 25.0 Å². The summed E-state index contributed by atoms with van der Waals surface area (Å²) in [4.78, 5) is 20.7. The number of likely N-dealkylation sites (tertiary alicyclic amines) is 1. The van der Waals surface area contributed by atoms with Crippen molar-refractivity contribution >= 4 is 23.6 Å². The molecule has 1 aliphatic carbocycles. The molecule has 1 aromatic carbocycles. The number of guanidine groups is 1. The SMILES string of the molecule is CCNC(=NCc1ccc(SC)cc1)NC1CCN(C(=O)C2CCCC2)C1. The molecule has 27 heavy (non-hydrogen) atoms. The second-order valence-corrected chi connectivity index (χ2v) is 8.32. The molecule has 6 heteroatoms. The quantitative estimate of drug-likeness (QED) is 0.446. The van der Waals surface area contributed by atoms with Crippen molar-refractivity contribution in [2.45, 2.75) is 56.5 Å². The predicted octanol–water partition coefficient (Wildman–Crippen LogP) is 3.25. The number of carbonyl (C=O) groups is 1. The number of thioether (sulfide) groups is 1. The molecule has 1 aliphatic heterocycles. The predicted molar refractivity (Wildman–Crippen MR) is 113 cm³/mol. The van der Waals surface area contributed by atoms with Gasteiger partial charge in [-0.3, -0.25) is 4.79 Å². The van der Waals surface area contributed by atoms with Crippen molar-refractivity contribution in [3.63, 3.8) is 0 Å². The Morgan fingerprint density at radius 1 is 1.22 bits per heavy atom. The van der Waals surface area contributed by atoms with Crippen LogP contribution in [0.2, 0.25) is 0 Å². The van der Waals surface area contributed by atoms with E-state index in [-0.39, 0.29) is 12.0 Å². The van der Waals surface area contributed by atoms with Crippen molar-refractivity contribution in [3.05, 3.63) is 29.8 Å². The molecular formula is C21H32N4OS. The fourth-order valence-corrected chi connectivity index (χ4v) is 4.33. The van der Waals surface area contributed by atoms with E-state index in [0.717, 1.165) is 44.9 Å². The molecule has 1 aromatic rings. The summed E-state index contributed by atoms with van der Waals surface area (Å²) < 4.78 is 0. The molecule has 1 unspecified atom stereocenters. The first-order valence-corrected chi connectivity index (χ1v) is 11.4.